The van der Waals surface area contributed by atoms with Gasteiger partial charge in [0.05, 0.1) is 30.5 Å². The first-order chi connectivity index (χ1) is 11.6. The third kappa shape index (κ3) is 3.22. The number of nitrogens with zero attached hydrogens (tertiary/aromatic N) is 2. The molecule has 0 aliphatic carbocycles. The Labute approximate surface area is 138 Å². The minimum absolute atomic E-state index is 0.0919. The average Bonchev–Trinajstić information content (AvgIpc) is 2.58. The van der Waals surface area contributed by atoms with Crippen LogP contribution in [0.2, 0.25) is 0 Å². The van der Waals surface area contributed by atoms with E-state index in [4.69, 9.17) is 4.74 Å². The molecule has 3 rings (SSSR count). The van der Waals surface area contributed by atoms with Crippen LogP contribution in [0.3, 0.4) is 0 Å². The second kappa shape index (κ2) is 7.19. The lowest BCUT2D eigenvalue weighted by Crippen LogP contribution is -2.52. The van der Waals surface area contributed by atoms with Crippen LogP contribution < -0.4 is 10.9 Å². The zero-order valence-electron chi connectivity index (χ0n) is 13.5. The van der Waals surface area contributed by atoms with Crippen LogP contribution in [0.4, 0.5) is 4.39 Å². The topological polar surface area (TPSA) is 73.2 Å². The van der Waals surface area contributed by atoms with E-state index in [9.17, 15) is 14.0 Å². The fourth-order valence-electron chi connectivity index (χ4n) is 3.11. The molecule has 1 aliphatic rings. The molecule has 24 heavy (non-hydrogen) atoms. The van der Waals surface area contributed by atoms with Crippen LogP contribution in [-0.2, 0) is 16.1 Å². The van der Waals surface area contributed by atoms with Gasteiger partial charge in [0.1, 0.15) is 11.2 Å². The quantitative estimate of drug-likeness (QED) is 0.892. The summed E-state index contributed by atoms with van der Waals surface area (Å²) in [5, 5.41) is 3.07. The minimum Gasteiger partial charge on any atom is -0.376 e. The first-order valence-electron chi connectivity index (χ1n) is 8.13. The van der Waals surface area contributed by atoms with E-state index in [1.807, 2.05) is 6.92 Å². The van der Waals surface area contributed by atoms with Gasteiger partial charge in [-0.3, -0.25) is 14.2 Å². The molecule has 1 aromatic heterocycles. The van der Waals surface area contributed by atoms with Crippen molar-refractivity contribution < 1.29 is 13.9 Å². The Hall–Kier alpha value is -2.12. The van der Waals surface area contributed by atoms with Gasteiger partial charge in [-0.25, -0.2) is 9.37 Å². The number of nitrogens with one attached hydrogen (secondary N) is 1. The van der Waals surface area contributed by atoms with Gasteiger partial charge in [0.2, 0.25) is 0 Å². The SMILES string of the molecule is CCO[C@H]1CCCN[C@H]1C(=O)Cn1cnc2cccc(F)c2c1=O. The largest absolute Gasteiger partial charge is 0.376 e. The molecule has 128 valence electrons. The van der Waals surface area contributed by atoms with E-state index in [2.05, 4.69) is 10.3 Å². The number of carbonyl (C=O) groups excluding carboxylic acids is 1. The molecule has 1 aliphatic heterocycles. The van der Waals surface area contributed by atoms with E-state index in [0.717, 1.165) is 24.0 Å². The van der Waals surface area contributed by atoms with Crippen LogP contribution in [0.25, 0.3) is 10.9 Å². The Morgan fingerprint density at radius 2 is 2.33 bits per heavy atom. The fourth-order valence-corrected chi connectivity index (χ4v) is 3.11. The standard InChI is InChI=1S/C17H20FN3O3/c1-2-24-14-7-4-8-19-16(14)13(22)9-21-10-20-12-6-3-5-11(18)15(12)17(21)23/h3,5-6,10,14,16,19H,2,4,7-9H2,1H3/t14-,16-/m0/s1. The van der Waals surface area contributed by atoms with Gasteiger partial charge < -0.3 is 10.1 Å². The maximum absolute atomic E-state index is 13.9. The minimum atomic E-state index is -0.630. The van der Waals surface area contributed by atoms with Crippen molar-refractivity contribution in [1.29, 1.82) is 0 Å². The number of ketones is 1. The summed E-state index contributed by atoms with van der Waals surface area (Å²) in [4.78, 5) is 29.1. The molecule has 0 amide bonds. The highest BCUT2D eigenvalue weighted by Gasteiger charge is 2.31. The van der Waals surface area contributed by atoms with Crippen LogP contribution >= 0.6 is 0 Å². The lowest BCUT2D eigenvalue weighted by Gasteiger charge is -2.31. The van der Waals surface area contributed by atoms with E-state index in [0.29, 0.717) is 6.61 Å². The van der Waals surface area contributed by atoms with Crippen molar-refractivity contribution in [3.8, 4) is 0 Å². The van der Waals surface area contributed by atoms with Crippen LogP contribution in [0, 0.1) is 5.82 Å². The van der Waals surface area contributed by atoms with Gasteiger partial charge in [0.15, 0.2) is 5.78 Å². The molecule has 2 atom stereocenters. The summed E-state index contributed by atoms with van der Waals surface area (Å²) in [6, 6.07) is 3.82. The van der Waals surface area contributed by atoms with Crippen LogP contribution in [0.15, 0.2) is 29.3 Å². The van der Waals surface area contributed by atoms with Gasteiger partial charge in [-0.1, -0.05) is 6.07 Å². The highest BCUT2D eigenvalue weighted by Crippen LogP contribution is 2.15. The number of aromatic nitrogens is 2. The second-order valence-corrected chi connectivity index (χ2v) is 5.85. The average molecular weight is 333 g/mol. The molecule has 0 unspecified atom stereocenters. The summed E-state index contributed by atoms with van der Waals surface area (Å²) in [5.74, 6) is -0.789. The van der Waals surface area contributed by atoms with Crippen LogP contribution in [0.5, 0.6) is 0 Å². The zero-order chi connectivity index (χ0) is 17.1. The summed E-state index contributed by atoms with van der Waals surface area (Å²) in [5.41, 5.74) is -0.262. The predicted octanol–water partition coefficient (Wildman–Crippen LogP) is 1.26. The highest BCUT2D eigenvalue weighted by atomic mass is 19.1. The number of carbonyl (C=O) groups is 1. The predicted molar refractivity (Wildman–Crippen MR) is 87.4 cm³/mol. The monoisotopic (exact) mass is 333 g/mol. The van der Waals surface area contributed by atoms with Gasteiger partial charge in [-0.2, -0.15) is 0 Å². The first kappa shape index (κ1) is 16.7. The first-order valence-corrected chi connectivity index (χ1v) is 8.13. The zero-order valence-corrected chi connectivity index (χ0v) is 13.5. The highest BCUT2D eigenvalue weighted by molar-refractivity contribution is 5.85. The number of halogens is 1. The smallest absolute Gasteiger partial charge is 0.264 e. The Morgan fingerprint density at radius 3 is 3.12 bits per heavy atom. The van der Waals surface area contributed by atoms with Gasteiger partial charge in [0, 0.05) is 6.61 Å². The molecule has 6 nitrogen and oxygen atoms in total. The van der Waals surface area contributed by atoms with E-state index in [1.165, 1.54) is 18.5 Å². The van der Waals surface area contributed by atoms with Crippen molar-refractivity contribution in [3.05, 3.63) is 40.7 Å². The summed E-state index contributed by atoms with van der Waals surface area (Å²) >= 11 is 0. The van der Waals surface area contributed by atoms with E-state index >= 15 is 0 Å². The molecule has 1 saturated heterocycles. The Bertz CT molecular complexity index is 803. The molecule has 0 bridgehead atoms. The van der Waals surface area contributed by atoms with Crippen molar-refractivity contribution in [3.63, 3.8) is 0 Å². The maximum Gasteiger partial charge on any atom is 0.264 e. The number of benzene rings is 1. The third-order valence-electron chi connectivity index (χ3n) is 4.26. The third-order valence-corrected chi connectivity index (χ3v) is 4.26. The molecule has 1 N–H and O–H groups in total. The molecular formula is C17H20FN3O3. The van der Waals surface area contributed by atoms with Crippen molar-refractivity contribution in [2.45, 2.75) is 38.5 Å². The summed E-state index contributed by atoms with van der Waals surface area (Å²) in [6.07, 6.45) is 2.84. The van der Waals surface area contributed by atoms with Crippen molar-refractivity contribution in [2.75, 3.05) is 13.2 Å². The molecule has 2 aromatic rings. The molecule has 0 radical (unpaired) electrons. The lowest BCUT2D eigenvalue weighted by molar-refractivity contribution is -0.126. The second-order valence-electron chi connectivity index (χ2n) is 5.85. The number of hydrogen-bond donors (Lipinski definition) is 1. The number of rotatable bonds is 5. The number of Topliss-reactive ketones (excluding diaryl/α,β-unsaturated/α-hetero) is 1. The maximum atomic E-state index is 13.9. The lowest BCUT2D eigenvalue weighted by atomic mass is 9.97. The van der Waals surface area contributed by atoms with Gasteiger partial charge in [-0.15, -0.1) is 0 Å². The van der Waals surface area contributed by atoms with Crippen molar-refractivity contribution in [2.24, 2.45) is 0 Å². The fraction of sp³-hybridized carbons (Fsp3) is 0.471. The molecular weight excluding hydrogens is 313 g/mol. The van der Waals surface area contributed by atoms with Gasteiger partial charge >= 0.3 is 0 Å². The van der Waals surface area contributed by atoms with Gasteiger partial charge in [-0.05, 0) is 38.4 Å². The molecule has 0 saturated carbocycles. The Kier molecular flexibility index (Phi) is 5.01. The molecule has 0 spiro atoms. The van der Waals surface area contributed by atoms with Crippen LogP contribution in [0.1, 0.15) is 19.8 Å². The summed E-state index contributed by atoms with van der Waals surface area (Å²) in [7, 11) is 0. The summed E-state index contributed by atoms with van der Waals surface area (Å²) < 4.78 is 20.7. The molecule has 2 heterocycles. The van der Waals surface area contributed by atoms with Crippen molar-refractivity contribution >= 4 is 16.7 Å². The van der Waals surface area contributed by atoms with Crippen molar-refractivity contribution in [1.82, 2.24) is 14.9 Å². The Balaban J connectivity index is 1.86. The Morgan fingerprint density at radius 1 is 1.50 bits per heavy atom. The normalized spacial score (nSPS) is 21.1. The molecule has 7 heteroatoms. The summed E-state index contributed by atoms with van der Waals surface area (Å²) in [6.45, 7) is 2.99. The number of hydrogen-bond acceptors (Lipinski definition) is 5. The molecule has 1 aromatic carbocycles. The van der Waals surface area contributed by atoms with Crippen LogP contribution in [-0.4, -0.2) is 40.6 Å². The van der Waals surface area contributed by atoms with E-state index < -0.39 is 17.4 Å². The number of ether oxygens (including phenoxy) is 1. The molecule has 1 fully saturated rings. The number of fused-ring (bicyclic) bond motifs is 1. The van der Waals surface area contributed by atoms with Gasteiger partial charge in [0.25, 0.3) is 5.56 Å². The van der Waals surface area contributed by atoms with E-state index in [-0.39, 0.29) is 29.3 Å². The number of piperidine rings is 1. The van der Waals surface area contributed by atoms with E-state index in [1.54, 1.807) is 6.07 Å².